The van der Waals surface area contributed by atoms with Crippen molar-refractivity contribution >= 4 is 22.6 Å². The molecule has 4 heteroatoms. The summed E-state index contributed by atoms with van der Waals surface area (Å²) in [6.45, 7) is 4.73. The third-order valence-corrected chi connectivity index (χ3v) is 3.73. The Morgan fingerprint density at radius 1 is 1.25 bits per heavy atom. The summed E-state index contributed by atoms with van der Waals surface area (Å²) in [5.74, 6) is 0.985. The third-order valence-electron chi connectivity index (χ3n) is 3.43. The summed E-state index contributed by atoms with van der Waals surface area (Å²) in [4.78, 5) is 4.62. The van der Waals surface area contributed by atoms with E-state index >= 15 is 0 Å². The van der Waals surface area contributed by atoms with Gasteiger partial charge in [0, 0.05) is 6.54 Å². The summed E-state index contributed by atoms with van der Waals surface area (Å²) in [6.07, 6.45) is 0. The molecule has 0 bridgehead atoms. The van der Waals surface area contributed by atoms with Crippen molar-refractivity contribution in [2.24, 2.45) is 0 Å². The summed E-state index contributed by atoms with van der Waals surface area (Å²) >= 11 is 6.28. The summed E-state index contributed by atoms with van der Waals surface area (Å²) in [7, 11) is 0. The molecule has 0 atom stereocenters. The van der Waals surface area contributed by atoms with Crippen LogP contribution in [0, 0.1) is 6.92 Å². The number of hydrogen-bond acceptors (Lipinski definition) is 2. The fourth-order valence-corrected chi connectivity index (χ4v) is 2.76. The lowest BCUT2D eigenvalue weighted by Crippen LogP contribution is -1.98. The largest absolute Gasteiger partial charge is 0.507 e. The third kappa shape index (κ3) is 1.95. The molecule has 3 nitrogen and oxygen atoms in total. The van der Waals surface area contributed by atoms with Crippen LogP contribution >= 0.6 is 11.6 Å². The molecule has 3 rings (SSSR count). The minimum Gasteiger partial charge on any atom is -0.507 e. The fourth-order valence-electron chi connectivity index (χ4n) is 2.49. The van der Waals surface area contributed by atoms with Crippen LogP contribution < -0.4 is 0 Å². The molecule has 0 spiro atoms. The molecule has 1 N–H and O–H groups in total. The van der Waals surface area contributed by atoms with Gasteiger partial charge in [0.05, 0.1) is 21.6 Å². The minimum atomic E-state index is 0.242. The maximum Gasteiger partial charge on any atom is 0.144 e. The number of phenolic OH excluding ortho intramolecular Hbond substituents is 1. The molecule has 102 valence electrons. The molecule has 0 fully saturated rings. The molecule has 0 aliphatic heterocycles. The van der Waals surface area contributed by atoms with E-state index in [2.05, 4.69) is 4.98 Å². The first-order valence-electron chi connectivity index (χ1n) is 6.56. The Kier molecular flexibility index (Phi) is 3.14. The zero-order chi connectivity index (χ0) is 14.3. The summed E-state index contributed by atoms with van der Waals surface area (Å²) in [5.41, 5.74) is 3.49. The van der Waals surface area contributed by atoms with E-state index in [0.29, 0.717) is 5.02 Å². The lowest BCUT2D eigenvalue weighted by molar-refractivity contribution is 0.476. The van der Waals surface area contributed by atoms with Crippen molar-refractivity contribution in [2.45, 2.75) is 20.4 Å². The maximum absolute atomic E-state index is 10.2. The molecule has 0 saturated heterocycles. The zero-order valence-corrected chi connectivity index (χ0v) is 12.1. The van der Waals surface area contributed by atoms with Crippen molar-refractivity contribution in [1.82, 2.24) is 9.55 Å². The summed E-state index contributed by atoms with van der Waals surface area (Å²) in [5, 5.41) is 10.8. The van der Waals surface area contributed by atoms with Gasteiger partial charge in [-0.05, 0) is 43.7 Å². The van der Waals surface area contributed by atoms with Crippen molar-refractivity contribution in [3.63, 3.8) is 0 Å². The normalized spacial score (nSPS) is 11.2. The Morgan fingerprint density at radius 3 is 2.75 bits per heavy atom. The predicted octanol–water partition coefficient (Wildman–Crippen LogP) is 4.39. The van der Waals surface area contributed by atoms with Crippen molar-refractivity contribution in [1.29, 1.82) is 0 Å². The number of halogens is 1. The molecule has 0 aliphatic carbocycles. The number of rotatable bonds is 2. The van der Waals surface area contributed by atoms with Crippen LogP contribution in [-0.4, -0.2) is 14.7 Å². The van der Waals surface area contributed by atoms with Crippen LogP contribution in [0.4, 0.5) is 0 Å². The highest BCUT2D eigenvalue weighted by molar-refractivity contribution is 6.35. The maximum atomic E-state index is 10.2. The van der Waals surface area contributed by atoms with Crippen LogP contribution in [0.2, 0.25) is 5.02 Å². The lowest BCUT2D eigenvalue weighted by Gasteiger charge is -2.09. The molecule has 2 aromatic carbocycles. The zero-order valence-electron chi connectivity index (χ0n) is 11.4. The molecule has 3 aromatic rings. The highest BCUT2D eigenvalue weighted by Gasteiger charge is 2.16. The van der Waals surface area contributed by atoms with E-state index in [4.69, 9.17) is 11.6 Å². The monoisotopic (exact) mass is 286 g/mol. The topological polar surface area (TPSA) is 38.0 Å². The average Bonchev–Trinajstić information content (AvgIpc) is 2.78. The Hall–Kier alpha value is -2.00. The Morgan fingerprint density at radius 2 is 2.05 bits per heavy atom. The second-order valence-electron chi connectivity index (χ2n) is 4.81. The second kappa shape index (κ2) is 4.84. The van der Waals surface area contributed by atoms with E-state index in [-0.39, 0.29) is 5.75 Å². The molecule has 1 aromatic heterocycles. The van der Waals surface area contributed by atoms with Gasteiger partial charge < -0.3 is 9.67 Å². The van der Waals surface area contributed by atoms with Crippen molar-refractivity contribution in [2.75, 3.05) is 0 Å². The van der Waals surface area contributed by atoms with E-state index in [9.17, 15) is 5.11 Å². The second-order valence-corrected chi connectivity index (χ2v) is 5.22. The molecular formula is C16H15ClN2O. The minimum absolute atomic E-state index is 0.242. The SMILES string of the molecule is CCn1c(-c2ccc(C)cc2O)nc2cccc(Cl)c21. The number of aromatic hydroxyl groups is 1. The number of benzene rings is 2. The highest BCUT2D eigenvalue weighted by atomic mass is 35.5. The van der Waals surface area contributed by atoms with Crippen molar-refractivity contribution in [3.05, 3.63) is 47.0 Å². The van der Waals surface area contributed by atoms with Gasteiger partial charge in [0.2, 0.25) is 0 Å². The number of imidazole rings is 1. The van der Waals surface area contributed by atoms with Crippen LogP contribution in [0.1, 0.15) is 12.5 Å². The van der Waals surface area contributed by atoms with Crippen LogP contribution in [0.3, 0.4) is 0 Å². The molecule has 0 amide bonds. The number of aryl methyl sites for hydroxylation is 2. The Balaban J connectivity index is 2.33. The van der Waals surface area contributed by atoms with E-state index in [1.165, 1.54) is 0 Å². The number of aromatic nitrogens is 2. The summed E-state index contributed by atoms with van der Waals surface area (Å²) < 4.78 is 2.03. The van der Waals surface area contributed by atoms with Crippen molar-refractivity contribution in [3.8, 4) is 17.1 Å². The number of nitrogens with zero attached hydrogens (tertiary/aromatic N) is 2. The Labute approximate surface area is 122 Å². The van der Waals surface area contributed by atoms with Gasteiger partial charge in [-0.3, -0.25) is 0 Å². The number of phenols is 1. The quantitative estimate of drug-likeness (QED) is 0.759. The first kappa shape index (κ1) is 13.0. The molecule has 0 aliphatic rings. The standard InChI is InChI=1S/C16H15ClN2O/c1-3-19-15-12(17)5-4-6-13(15)18-16(19)11-8-7-10(2)9-14(11)20/h4-9,20H,3H2,1-2H3. The van der Waals surface area contributed by atoms with Gasteiger partial charge in [-0.15, -0.1) is 0 Å². The molecule has 0 unspecified atom stereocenters. The Bertz CT molecular complexity index is 793. The van der Waals surface area contributed by atoms with Gasteiger partial charge in [0.1, 0.15) is 11.6 Å². The van der Waals surface area contributed by atoms with Crippen LogP contribution in [0.5, 0.6) is 5.75 Å². The first-order chi connectivity index (χ1) is 9.61. The number of hydrogen-bond donors (Lipinski definition) is 1. The van der Waals surface area contributed by atoms with Crippen molar-refractivity contribution < 1.29 is 5.11 Å². The average molecular weight is 287 g/mol. The van der Waals surface area contributed by atoms with Gasteiger partial charge in [0.15, 0.2) is 0 Å². The van der Waals surface area contributed by atoms with E-state index in [0.717, 1.165) is 34.5 Å². The first-order valence-corrected chi connectivity index (χ1v) is 6.94. The molecule has 1 heterocycles. The molecule has 20 heavy (non-hydrogen) atoms. The number of para-hydroxylation sites is 1. The van der Waals surface area contributed by atoms with Crippen LogP contribution in [0.15, 0.2) is 36.4 Å². The van der Waals surface area contributed by atoms with Gasteiger partial charge in [-0.25, -0.2) is 4.98 Å². The predicted molar refractivity (Wildman–Crippen MR) is 82.3 cm³/mol. The van der Waals surface area contributed by atoms with Crippen LogP contribution in [-0.2, 0) is 6.54 Å². The lowest BCUT2D eigenvalue weighted by atomic mass is 10.1. The van der Waals surface area contributed by atoms with E-state index < -0.39 is 0 Å². The molecular weight excluding hydrogens is 272 g/mol. The van der Waals surface area contributed by atoms with Gasteiger partial charge in [-0.2, -0.15) is 0 Å². The smallest absolute Gasteiger partial charge is 0.144 e. The van der Waals surface area contributed by atoms with E-state index in [1.807, 2.05) is 48.7 Å². The van der Waals surface area contributed by atoms with E-state index in [1.54, 1.807) is 6.07 Å². The highest BCUT2D eigenvalue weighted by Crippen LogP contribution is 2.34. The summed E-state index contributed by atoms with van der Waals surface area (Å²) in [6, 6.07) is 11.3. The fraction of sp³-hybridized carbons (Fsp3) is 0.188. The number of fused-ring (bicyclic) bond motifs is 1. The molecule has 0 saturated carbocycles. The van der Waals surface area contributed by atoms with Gasteiger partial charge >= 0.3 is 0 Å². The van der Waals surface area contributed by atoms with Gasteiger partial charge in [-0.1, -0.05) is 23.7 Å². The van der Waals surface area contributed by atoms with Gasteiger partial charge in [0.25, 0.3) is 0 Å². The molecule has 0 radical (unpaired) electrons. The van der Waals surface area contributed by atoms with Crippen LogP contribution in [0.25, 0.3) is 22.4 Å².